The summed E-state index contributed by atoms with van der Waals surface area (Å²) in [4.78, 5) is 7.99. The Morgan fingerprint density at radius 1 is 1.28 bits per heavy atom. The van der Waals surface area contributed by atoms with Crippen molar-refractivity contribution in [2.45, 2.75) is 0 Å². The molecule has 18 heavy (non-hydrogen) atoms. The quantitative estimate of drug-likeness (QED) is 0.736. The van der Waals surface area contributed by atoms with Crippen LogP contribution in [0.25, 0.3) is 0 Å². The Hall–Kier alpha value is -2.50. The minimum Gasteiger partial charge on any atom is -0.508 e. The average molecular weight is 245 g/mol. The van der Waals surface area contributed by atoms with Crippen molar-refractivity contribution in [1.82, 2.24) is 9.97 Å². The fraction of sp³-hybridized carbons (Fsp3) is 0.0833. The van der Waals surface area contributed by atoms with Gasteiger partial charge in [-0.1, -0.05) is 0 Å². The SMILES string of the molecule is C[N+]1=C(c2cc(O)cc(F)c2)c2c(N)ncnc21. The molecule has 3 N–H and O–H groups in total. The fourth-order valence-corrected chi connectivity index (χ4v) is 2.14. The van der Waals surface area contributed by atoms with Crippen LogP contribution >= 0.6 is 0 Å². The molecule has 1 aromatic carbocycles. The first-order valence-corrected chi connectivity index (χ1v) is 5.29. The van der Waals surface area contributed by atoms with Crippen molar-refractivity contribution in [2.24, 2.45) is 0 Å². The van der Waals surface area contributed by atoms with Crippen LogP contribution in [0.2, 0.25) is 0 Å². The second kappa shape index (κ2) is 3.49. The Bertz CT molecular complexity index is 676. The number of benzene rings is 1. The second-order valence-electron chi connectivity index (χ2n) is 4.06. The van der Waals surface area contributed by atoms with E-state index in [-0.39, 0.29) is 5.75 Å². The standard InChI is InChI=1S/C12H9FN4O/c1-17-10(6-2-7(13)4-8(18)3-6)9-11(14)15-5-16-12(9)17/h2-5,14,18H,1H3/p+1. The van der Waals surface area contributed by atoms with Crippen molar-refractivity contribution in [3.05, 3.63) is 41.5 Å². The van der Waals surface area contributed by atoms with Gasteiger partial charge in [0, 0.05) is 11.6 Å². The number of phenols is 1. The highest BCUT2D eigenvalue weighted by Crippen LogP contribution is 2.33. The van der Waals surface area contributed by atoms with E-state index >= 15 is 0 Å². The molecule has 0 unspecified atom stereocenters. The number of nitrogens with zero attached hydrogens (tertiary/aromatic N) is 3. The number of aromatic nitrogens is 2. The van der Waals surface area contributed by atoms with E-state index < -0.39 is 5.82 Å². The summed E-state index contributed by atoms with van der Waals surface area (Å²) in [5, 5.41) is 9.43. The maximum Gasteiger partial charge on any atom is 0.340 e. The van der Waals surface area contributed by atoms with Crippen molar-refractivity contribution in [3.8, 4) is 5.75 Å². The summed E-state index contributed by atoms with van der Waals surface area (Å²) >= 11 is 0. The lowest BCUT2D eigenvalue weighted by molar-refractivity contribution is -0.421. The van der Waals surface area contributed by atoms with Gasteiger partial charge in [-0.2, -0.15) is 4.98 Å². The van der Waals surface area contributed by atoms with Crippen molar-refractivity contribution in [3.63, 3.8) is 0 Å². The summed E-state index contributed by atoms with van der Waals surface area (Å²) in [5.74, 6) is 0.405. The zero-order chi connectivity index (χ0) is 12.9. The van der Waals surface area contributed by atoms with Gasteiger partial charge in [-0.15, -0.1) is 0 Å². The minimum atomic E-state index is -0.505. The van der Waals surface area contributed by atoms with Crippen molar-refractivity contribution >= 4 is 17.3 Å². The molecule has 6 heteroatoms. The third-order valence-corrected chi connectivity index (χ3v) is 2.90. The maximum absolute atomic E-state index is 13.3. The Morgan fingerprint density at radius 2 is 2.06 bits per heavy atom. The van der Waals surface area contributed by atoms with Crippen molar-refractivity contribution in [2.75, 3.05) is 12.8 Å². The Balaban J connectivity index is 2.20. The monoisotopic (exact) mass is 245 g/mol. The number of rotatable bonds is 1. The highest BCUT2D eigenvalue weighted by Gasteiger charge is 2.37. The lowest BCUT2D eigenvalue weighted by atomic mass is 9.97. The van der Waals surface area contributed by atoms with Crippen LogP contribution in [-0.4, -0.2) is 32.4 Å². The zero-order valence-electron chi connectivity index (χ0n) is 9.55. The highest BCUT2D eigenvalue weighted by atomic mass is 19.1. The van der Waals surface area contributed by atoms with Gasteiger partial charge in [0.1, 0.15) is 17.4 Å². The molecule has 1 aliphatic rings. The summed E-state index contributed by atoms with van der Waals surface area (Å²) in [6, 6.07) is 3.86. The summed E-state index contributed by atoms with van der Waals surface area (Å²) in [6.07, 6.45) is 1.38. The highest BCUT2D eigenvalue weighted by molar-refractivity contribution is 6.18. The van der Waals surface area contributed by atoms with E-state index in [4.69, 9.17) is 5.73 Å². The molecule has 0 spiro atoms. The first-order chi connectivity index (χ1) is 8.58. The normalized spacial score (nSPS) is 13.2. The van der Waals surface area contributed by atoms with E-state index in [0.29, 0.717) is 28.5 Å². The number of halogens is 1. The summed E-state index contributed by atoms with van der Waals surface area (Å²) < 4.78 is 15.1. The predicted octanol–water partition coefficient (Wildman–Crippen LogP) is 1.03. The van der Waals surface area contributed by atoms with Gasteiger partial charge in [0.2, 0.25) is 6.33 Å². The van der Waals surface area contributed by atoms with Gasteiger partial charge in [0.15, 0.2) is 11.3 Å². The van der Waals surface area contributed by atoms with Crippen LogP contribution in [0.3, 0.4) is 0 Å². The van der Waals surface area contributed by atoms with E-state index in [1.54, 1.807) is 11.6 Å². The topological polar surface area (TPSA) is 75.0 Å². The smallest absolute Gasteiger partial charge is 0.340 e. The first-order valence-electron chi connectivity index (χ1n) is 5.29. The Kier molecular flexibility index (Phi) is 2.07. The van der Waals surface area contributed by atoms with E-state index in [0.717, 1.165) is 6.07 Å². The number of fused-ring (bicyclic) bond motifs is 1. The number of phenolic OH excluding ortho intramolecular Hbond substituents is 1. The summed E-state index contributed by atoms with van der Waals surface area (Å²) in [5.41, 5.74) is 7.72. The third kappa shape index (κ3) is 1.35. The predicted molar refractivity (Wildman–Crippen MR) is 63.6 cm³/mol. The Labute approximate surface area is 102 Å². The van der Waals surface area contributed by atoms with Crippen LogP contribution in [0.1, 0.15) is 11.1 Å². The lowest BCUT2D eigenvalue weighted by Gasteiger charge is -2.19. The van der Waals surface area contributed by atoms with Crippen LogP contribution in [0.5, 0.6) is 5.75 Å². The number of nitrogen functional groups attached to an aromatic ring is 1. The van der Waals surface area contributed by atoms with Gasteiger partial charge in [-0.05, 0) is 17.1 Å². The summed E-state index contributed by atoms with van der Waals surface area (Å²) in [7, 11) is 1.80. The maximum atomic E-state index is 13.3. The molecule has 0 atom stereocenters. The van der Waals surface area contributed by atoms with E-state index in [2.05, 4.69) is 9.97 Å². The fourth-order valence-electron chi connectivity index (χ4n) is 2.14. The molecule has 0 saturated heterocycles. The van der Waals surface area contributed by atoms with Crippen molar-refractivity contribution < 1.29 is 14.1 Å². The molecular weight excluding hydrogens is 235 g/mol. The van der Waals surface area contributed by atoms with Crippen LogP contribution in [0.4, 0.5) is 16.0 Å². The molecule has 3 rings (SSSR count). The lowest BCUT2D eigenvalue weighted by Crippen LogP contribution is -2.29. The van der Waals surface area contributed by atoms with E-state index in [1.165, 1.54) is 18.5 Å². The molecule has 90 valence electrons. The van der Waals surface area contributed by atoms with Gasteiger partial charge in [0.05, 0.1) is 7.05 Å². The third-order valence-electron chi connectivity index (χ3n) is 2.90. The molecule has 0 radical (unpaired) electrons. The number of hydrogen-bond donors (Lipinski definition) is 2. The van der Waals surface area contributed by atoms with E-state index in [9.17, 15) is 9.50 Å². The van der Waals surface area contributed by atoms with Gasteiger partial charge in [-0.3, -0.25) is 0 Å². The van der Waals surface area contributed by atoms with Gasteiger partial charge >= 0.3 is 5.82 Å². The number of hydrogen-bond acceptors (Lipinski definition) is 4. The van der Waals surface area contributed by atoms with E-state index in [1.807, 2.05) is 0 Å². The molecule has 2 heterocycles. The molecule has 1 aliphatic heterocycles. The molecule has 2 aromatic rings. The van der Waals surface area contributed by atoms with Crippen LogP contribution in [0, 0.1) is 5.82 Å². The molecule has 0 amide bonds. The molecular formula is C12H10FN4O+. The number of anilines is 1. The zero-order valence-corrected chi connectivity index (χ0v) is 9.55. The van der Waals surface area contributed by atoms with Gasteiger partial charge < -0.3 is 10.8 Å². The number of nitrogens with two attached hydrogens (primary N) is 1. The molecule has 0 bridgehead atoms. The molecule has 0 fully saturated rings. The van der Waals surface area contributed by atoms with Crippen LogP contribution in [-0.2, 0) is 0 Å². The van der Waals surface area contributed by atoms with Crippen LogP contribution in [0.15, 0.2) is 24.5 Å². The molecule has 1 aromatic heterocycles. The van der Waals surface area contributed by atoms with Crippen LogP contribution < -0.4 is 5.73 Å². The molecule has 0 saturated carbocycles. The summed E-state index contributed by atoms with van der Waals surface area (Å²) in [6.45, 7) is 0. The largest absolute Gasteiger partial charge is 0.508 e. The second-order valence-corrected chi connectivity index (χ2v) is 4.06. The first kappa shape index (κ1) is 10.6. The minimum absolute atomic E-state index is 0.130. The van der Waals surface area contributed by atoms with Gasteiger partial charge in [0.25, 0.3) is 0 Å². The number of aromatic hydroxyl groups is 1. The average Bonchev–Trinajstić information content (AvgIpc) is 2.29. The van der Waals surface area contributed by atoms with Crippen molar-refractivity contribution in [1.29, 1.82) is 0 Å². The van der Waals surface area contributed by atoms with Gasteiger partial charge in [-0.25, -0.2) is 8.97 Å². The molecule has 5 nitrogen and oxygen atoms in total. The molecule has 0 aliphatic carbocycles. The Morgan fingerprint density at radius 3 is 2.78 bits per heavy atom.